The highest BCUT2D eigenvalue weighted by Crippen LogP contribution is 2.55. The summed E-state index contributed by atoms with van der Waals surface area (Å²) in [5, 5.41) is 14.7. The molecule has 3 aliphatic heterocycles. The lowest BCUT2D eigenvalue weighted by Gasteiger charge is -2.63. The van der Waals surface area contributed by atoms with Gasteiger partial charge in [-0.1, -0.05) is 39.3 Å². The van der Waals surface area contributed by atoms with Gasteiger partial charge in [0.15, 0.2) is 0 Å². The summed E-state index contributed by atoms with van der Waals surface area (Å²) in [6, 6.07) is 11.6. The fourth-order valence-electron chi connectivity index (χ4n) is 8.93. The first-order valence-electron chi connectivity index (χ1n) is 19.4. The van der Waals surface area contributed by atoms with E-state index >= 15 is 4.39 Å². The molecule has 0 bridgehead atoms. The molecule has 16 heteroatoms. The van der Waals surface area contributed by atoms with Crippen molar-refractivity contribution in [1.29, 1.82) is 5.26 Å². The molecule has 0 spiro atoms. The Kier molecular flexibility index (Phi) is 11.2. The molecule has 2 aromatic carbocycles. The van der Waals surface area contributed by atoms with Gasteiger partial charge in [0.2, 0.25) is 11.8 Å². The molecule has 3 fully saturated rings. The number of amides is 5. The molecule has 4 heterocycles. The summed E-state index contributed by atoms with van der Waals surface area (Å²) in [6.45, 7) is 11.9. The van der Waals surface area contributed by atoms with Crippen molar-refractivity contribution >= 4 is 47.0 Å². The third kappa shape index (κ3) is 7.70. The molecule has 7 rings (SSSR count). The number of ether oxygens (including phenoxy) is 2. The smallest absolute Gasteiger partial charge is 0.262 e. The van der Waals surface area contributed by atoms with Crippen LogP contribution in [0.25, 0.3) is 0 Å². The number of carbonyl (C=O) groups is 5. The molecule has 0 radical (unpaired) electrons. The van der Waals surface area contributed by atoms with Gasteiger partial charge in [0.05, 0.1) is 33.9 Å². The number of hydrogen-bond acceptors (Lipinski definition) is 11. The zero-order chi connectivity index (χ0) is 41.5. The van der Waals surface area contributed by atoms with Crippen molar-refractivity contribution in [2.24, 2.45) is 10.8 Å². The lowest BCUT2D eigenvalue weighted by molar-refractivity contribution is -0.164. The van der Waals surface area contributed by atoms with Gasteiger partial charge < -0.3 is 19.7 Å². The highest BCUT2D eigenvalue weighted by molar-refractivity contribution is 6.31. The molecule has 1 unspecified atom stereocenters. The molecule has 4 aliphatic rings. The average Bonchev–Trinajstić information content (AvgIpc) is 3.43. The van der Waals surface area contributed by atoms with Crippen LogP contribution in [0.15, 0.2) is 48.7 Å². The summed E-state index contributed by atoms with van der Waals surface area (Å²) in [4.78, 5) is 73.0. The minimum Gasteiger partial charge on any atom is -0.494 e. The fourth-order valence-corrected chi connectivity index (χ4v) is 9.15. The fraction of sp³-hybridized carbons (Fsp3) is 0.452. The van der Waals surface area contributed by atoms with Crippen molar-refractivity contribution in [1.82, 2.24) is 25.4 Å². The normalized spacial score (nSPS) is 22.5. The quantitative estimate of drug-likeness (QED) is 0.191. The Bertz CT molecular complexity index is 2200. The summed E-state index contributed by atoms with van der Waals surface area (Å²) < 4.78 is 27.7. The number of nitriles is 1. The third-order valence-electron chi connectivity index (χ3n) is 11.8. The van der Waals surface area contributed by atoms with E-state index in [1.807, 2.05) is 38.7 Å². The molecular weight excluding hydrogens is 769 g/mol. The number of pyridine rings is 1. The number of rotatable bonds is 12. The zero-order valence-electron chi connectivity index (χ0n) is 32.8. The monoisotopic (exact) mass is 813 g/mol. The number of fused-ring (bicyclic) bond motifs is 1. The highest BCUT2D eigenvalue weighted by Gasteiger charge is 2.64. The summed E-state index contributed by atoms with van der Waals surface area (Å²) in [7, 11) is 0. The summed E-state index contributed by atoms with van der Waals surface area (Å²) in [5.74, 6) is -1.98. The number of nitrogens with one attached hydrogen (secondary N) is 2. The van der Waals surface area contributed by atoms with Gasteiger partial charge in [0, 0.05) is 67.8 Å². The Morgan fingerprint density at radius 1 is 0.983 bits per heavy atom. The van der Waals surface area contributed by atoms with Crippen LogP contribution in [0, 0.1) is 28.0 Å². The molecule has 14 nitrogen and oxygen atoms in total. The number of piperidine rings is 1. The van der Waals surface area contributed by atoms with Crippen LogP contribution in [-0.2, 0) is 9.59 Å². The minimum absolute atomic E-state index is 0.0550. The second-order valence-corrected chi connectivity index (χ2v) is 16.8. The van der Waals surface area contributed by atoms with E-state index in [1.165, 1.54) is 24.4 Å². The van der Waals surface area contributed by atoms with Gasteiger partial charge in [0.25, 0.3) is 17.7 Å². The van der Waals surface area contributed by atoms with Crippen LogP contribution in [0.2, 0.25) is 5.02 Å². The molecule has 2 saturated heterocycles. The number of benzene rings is 2. The Labute approximate surface area is 340 Å². The van der Waals surface area contributed by atoms with Crippen LogP contribution in [0.5, 0.6) is 11.5 Å². The molecule has 5 amide bonds. The van der Waals surface area contributed by atoms with E-state index < -0.39 is 52.2 Å². The first kappa shape index (κ1) is 40.6. The van der Waals surface area contributed by atoms with Crippen LogP contribution >= 0.6 is 11.6 Å². The van der Waals surface area contributed by atoms with Crippen molar-refractivity contribution in [3.63, 3.8) is 0 Å². The average molecular weight is 814 g/mol. The van der Waals surface area contributed by atoms with Crippen molar-refractivity contribution < 1.29 is 37.8 Å². The summed E-state index contributed by atoms with van der Waals surface area (Å²) in [6.07, 6.45) is 2.74. The maximum Gasteiger partial charge on any atom is 0.262 e. The number of aromatic nitrogens is 1. The van der Waals surface area contributed by atoms with Crippen molar-refractivity contribution in [3.05, 3.63) is 81.8 Å². The number of unbranched alkanes of at least 4 members (excludes halogenated alkanes) is 1. The number of imide groups is 2. The molecule has 3 aromatic rings. The predicted octanol–water partition coefficient (Wildman–Crippen LogP) is 4.74. The van der Waals surface area contributed by atoms with Gasteiger partial charge in [-0.15, -0.1) is 0 Å². The topological polar surface area (TPSA) is 174 Å². The van der Waals surface area contributed by atoms with E-state index in [4.69, 9.17) is 21.1 Å². The summed E-state index contributed by atoms with van der Waals surface area (Å²) in [5.41, 5.74) is -0.415. The number of halogens is 2. The lowest BCUT2D eigenvalue weighted by Crippen LogP contribution is -2.74. The number of piperazine rings is 1. The highest BCUT2D eigenvalue weighted by atomic mass is 35.5. The van der Waals surface area contributed by atoms with Crippen molar-refractivity contribution in [3.8, 4) is 17.6 Å². The molecule has 58 heavy (non-hydrogen) atoms. The van der Waals surface area contributed by atoms with Gasteiger partial charge in [-0.2, -0.15) is 5.26 Å². The molecule has 304 valence electrons. The molecule has 2 N–H and O–H groups in total. The van der Waals surface area contributed by atoms with Gasteiger partial charge >= 0.3 is 0 Å². The molecule has 1 saturated carbocycles. The van der Waals surface area contributed by atoms with Crippen LogP contribution in [0.1, 0.15) is 90.0 Å². The largest absolute Gasteiger partial charge is 0.494 e. The minimum atomic E-state index is -1.02. The summed E-state index contributed by atoms with van der Waals surface area (Å²) >= 11 is 6.21. The van der Waals surface area contributed by atoms with E-state index in [-0.39, 0.29) is 41.7 Å². The van der Waals surface area contributed by atoms with E-state index in [0.29, 0.717) is 47.6 Å². The molecule has 1 aromatic heterocycles. The van der Waals surface area contributed by atoms with E-state index in [1.54, 1.807) is 24.3 Å². The van der Waals surface area contributed by atoms with Gasteiger partial charge in [0.1, 0.15) is 41.3 Å². The molecule has 1 aliphatic carbocycles. The Morgan fingerprint density at radius 2 is 1.69 bits per heavy atom. The van der Waals surface area contributed by atoms with Crippen molar-refractivity contribution in [2.75, 3.05) is 44.2 Å². The number of carbonyl (C=O) groups excluding carboxylic acids is 5. The first-order chi connectivity index (χ1) is 27.6. The SMILES string of the molecule is CC1(C)C(NC(=O)c2cnc(N3CCN(CCCCOc4ccc5c(c4)C(=O)N(C4CCC(=O)NC4=O)C5=O)CC3)cc2F)C(C)(C)C1Oc1ccc(C#N)c(Cl)c1. The molecule has 1 atom stereocenters. The van der Waals surface area contributed by atoms with Gasteiger partial charge in [-0.05, 0) is 56.1 Å². The maximum absolute atomic E-state index is 15.5. The Balaban J connectivity index is 0.843. The Morgan fingerprint density at radius 3 is 2.36 bits per heavy atom. The lowest BCUT2D eigenvalue weighted by atomic mass is 9.49. The standard InChI is InChI=1S/C42H45ClFN7O7/c1-41(2)39(42(3,4)40(41)58-26-8-7-24(22-45)30(43)20-26)48-35(53)29-23-46-33(21-31(29)44)50-16-14-49(15-17-50)13-5-6-18-57-25-9-10-27-28(19-25)38(56)51(37(27)55)32-11-12-34(52)47-36(32)54/h7-10,19-21,23,32,39-40H,5-6,11-18H2,1-4H3,(H,48,53)(H,47,52,54). The molecular formula is C42H45ClFN7O7. The van der Waals surface area contributed by atoms with Crippen LogP contribution < -0.4 is 25.0 Å². The maximum atomic E-state index is 15.5. The van der Waals surface area contributed by atoms with E-state index in [0.717, 1.165) is 37.4 Å². The van der Waals surface area contributed by atoms with Crippen molar-refractivity contribution in [2.45, 2.75) is 71.6 Å². The van der Waals surface area contributed by atoms with E-state index in [9.17, 15) is 29.2 Å². The van der Waals surface area contributed by atoms with Crippen LogP contribution in [0.4, 0.5) is 10.2 Å². The zero-order valence-corrected chi connectivity index (χ0v) is 33.5. The second kappa shape index (κ2) is 16.0. The number of nitrogens with zero attached hydrogens (tertiary/aromatic N) is 5. The third-order valence-corrected chi connectivity index (χ3v) is 12.1. The van der Waals surface area contributed by atoms with Gasteiger partial charge in [-0.25, -0.2) is 9.37 Å². The second-order valence-electron chi connectivity index (χ2n) is 16.4. The van der Waals surface area contributed by atoms with E-state index in [2.05, 4.69) is 20.5 Å². The number of anilines is 1. The number of hydrogen-bond donors (Lipinski definition) is 2. The van der Waals surface area contributed by atoms with Crippen LogP contribution in [0.3, 0.4) is 0 Å². The van der Waals surface area contributed by atoms with Gasteiger partial charge in [-0.3, -0.25) is 39.1 Å². The Hall–Kier alpha value is -5.59. The van der Waals surface area contributed by atoms with Crippen LogP contribution in [-0.4, -0.2) is 102 Å². The first-order valence-corrected chi connectivity index (χ1v) is 19.8. The predicted molar refractivity (Wildman–Crippen MR) is 210 cm³/mol.